The number of amides is 1. The van der Waals surface area contributed by atoms with Gasteiger partial charge in [-0.1, -0.05) is 32.0 Å². The number of hydrogen-bond acceptors (Lipinski definition) is 3. The number of rotatable bonds is 7. The maximum atomic E-state index is 12.1. The maximum absolute atomic E-state index is 12.1. The molecule has 1 aromatic carbocycles. The first-order valence-electron chi connectivity index (χ1n) is 7.83. The van der Waals surface area contributed by atoms with E-state index in [1.807, 2.05) is 24.3 Å². The van der Waals surface area contributed by atoms with Crippen LogP contribution < -0.4 is 15.8 Å². The largest absolute Gasteiger partial charge is 0.491 e. The molecule has 0 aromatic heterocycles. The Labute approximate surface area is 127 Å². The standard InChI is InChI=1S/C17H26N2O2/c1-12(2)13(9-10-18)7-8-17(20)19-15-11-21-16-6-4-3-5-14(15)16/h3-6,12-13,15H,7-11,18H2,1-2H3,(H,19,20). The van der Waals surface area contributed by atoms with E-state index in [9.17, 15) is 4.79 Å². The molecule has 0 bridgehead atoms. The van der Waals surface area contributed by atoms with E-state index in [1.54, 1.807) is 0 Å². The van der Waals surface area contributed by atoms with Gasteiger partial charge in [0.1, 0.15) is 12.4 Å². The molecule has 1 aliphatic rings. The van der Waals surface area contributed by atoms with E-state index < -0.39 is 0 Å². The number of fused-ring (bicyclic) bond motifs is 1. The molecule has 116 valence electrons. The van der Waals surface area contributed by atoms with Crippen molar-refractivity contribution >= 4 is 5.91 Å². The van der Waals surface area contributed by atoms with Gasteiger partial charge >= 0.3 is 0 Å². The van der Waals surface area contributed by atoms with Crippen LogP contribution in [0.1, 0.15) is 44.7 Å². The molecule has 2 unspecified atom stereocenters. The Bertz CT molecular complexity index is 474. The van der Waals surface area contributed by atoms with Crippen LogP contribution in [-0.4, -0.2) is 19.1 Å². The van der Waals surface area contributed by atoms with E-state index in [4.69, 9.17) is 10.5 Å². The number of carbonyl (C=O) groups is 1. The summed E-state index contributed by atoms with van der Waals surface area (Å²) in [4.78, 5) is 12.1. The fraction of sp³-hybridized carbons (Fsp3) is 0.588. The molecule has 1 aliphatic heterocycles. The van der Waals surface area contributed by atoms with Gasteiger partial charge in [-0.05, 0) is 37.3 Å². The Balaban J connectivity index is 1.83. The van der Waals surface area contributed by atoms with Crippen LogP contribution in [0.5, 0.6) is 5.75 Å². The molecule has 3 N–H and O–H groups in total. The van der Waals surface area contributed by atoms with Gasteiger partial charge in [-0.25, -0.2) is 0 Å². The van der Waals surface area contributed by atoms with E-state index >= 15 is 0 Å². The summed E-state index contributed by atoms with van der Waals surface area (Å²) in [5, 5.41) is 3.08. The maximum Gasteiger partial charge on any atom is 0.220 e. The average molecular weight is 290 g/mol. The Kier molecular flexibility index (Phi) is 5.62. The van der Waals surface area contributed by atoms with Crippen LogP contribution in [0, 0.1) is 11.8 Å². The van der Waals surface area contributed by atoms with Crippen LogP contribution >= 0.6 is 0 Å². The molecule has 4 nitrogen and oxygen atoms in total. The smallest absolute Gasteiger partial charge is 0.220 e. The molecule has 0 saturated heterocycles. The van der Waals surface area contributed by atoms with E-state index in [2.05, 4.69) is 19.2 Å². The van der Waals surface area contributed by atoms with E-state index in [1.165, 1.54) is 0 Å². The predicted octanol–water partition coefficient (Wildman–Crippen LogP) is 2.64. The van der Waals surface area contributed by atoms with Crippen molar-refractivity contribution in [1.82, 2.24) is 5.32 Å². The first-order chi connectivity index (χ1) is 10.1. The van der Waals surface area contributed by atoms with Gasteiger partial charge in [0, 0.05) is 12.0 Å². The van der Waals surface area contributed by atoms with Gasteiger partial charge in [0.25, 0.3) is 0 Å². The van der Waals surface area contributed by atoms with Crippen LogP contribution in [0.15, 0.2) is 24.3 Å². The molecule has 2 rings (SSSR count). The predicted molar refractivity (Wildman–Crippen MR) is 84.1 cm³/mol. The van der Waals surface area contributed by atoms with Gasteiger partial charge in [0.2, 0.25) is 5.91 Å². The molecule has 0 fully saturated rings. The molecule has 1 heterocycles. The van der Waals surface area contributed by atoms with Crippen LogP contribution in [0.25, 0.3) is 0 Å². The van der Waals surface area contributed by atoms with Gasteiger partial charge < -0.3 is 15.8 Å². The van der Waals surface area contributed by atoms with E-state index in [0.717, 1.165) is 24.2 Å². The van der Waals surface area contributed by atoms with Crippen molar-refractivity contribution in [3.63, 3.8) is 0 Å². The highest BCUT2D eigenvalue weighted by Crippen LogP contribution is 2.31. The van der Waals surface area contributed by atoms with Gasteiger partial charge in [-0.3, -0.25) is 4.79 Å². The summed E-state index contributed by atoms with van der Waals surface area (Å²) in [6, 6.07) is 7.86. The zero-order valence-corrected chi connectivity index (χ0v) is 13.0. The number of ether oxygens (including phenoxy) is 1. The summed E-state index contributed by atoms with van der Waals surface area (Å²) >= 11 is 0. The fourth-order valence-corrected chi connectivity index (χ4v) is 2.89. The molecule has 4 heteroatoms. The Morgan fingerprint density at radius 1 is 1.38 bits per heavy atom. The van der Waals surface area contributed by atoms with E-state index in [-0.39, 0.29) is 11.9 Å². The zero-order valence-electron chi connectivity index (χ0n) is 13.0. The van der Waals surface area contributed by atoms with E-state index in [0.29, 0.717) is 31.4 Å². The average Bonchev–Trinajstić information content (AvgIpc) is 2.86. The Morgan fingerprint density at radius 2 is 2.14 bits per heavy atom. The van der Waals surface area contributed by atoms with Crippen molar-refractivity contribution in [3.8, 4) is 5.75 Å². The fourth-order valence-electron chi connectivity index (χ4n) is 2.89. The highest BCUT2D eigenvalue weighted by molar-refractivity contribution is 5.76. The number of hydrogen-bond donors (Lipinski definition) is 2. The lowest BCUT2D eigenvalue weighted by molar-refractivity contribution is -0.122. The number of nitrogens with one attached hydrogen (secondary N) is 1. The minimum atomic E-state index is -0.0132. The highest BCUT2D eigenvalue weighted by atomic mass is 16.5. The van der Waals surface area contributed by atoms with Crippen LogP contribution in [0.2, 0.25) is 0 Å². The number of para-hydroxylation sites is 1. The first-order valence-corrected chi connectivity index (χ1v) is 7.83. The molecular formula is C17H26N2O2. The summed E-state index contributed by atoms with van der Waals surface area (Å²) in [6.07, 6.45) is 2.44. The van der Waals surface area contributed by atoms with Crippen molar-refractivity contribution in [1.29, 1.82) is 0 Å². The lowest BCUT2D eigenvalue weighted by atomic mass is 9.88. The Morgan fingerprint density at radius 3 is 2.86 bits per heavy atom. The summed E-state index contributed by atoms with van der Waals surface area (Å²) in [6.45, 7) is 5.61. The summed E-state index contributed by atoms with van der Waals surface area (Å²) < 4.78 is 5.58. The third-order valence-corrected chi connectivity index (χ3v) is 4.26. The Hall–Kier alpha value is -1.55. The third-order valence-electron chi connectivity index (χ3n) is 4.26. The molecule has 21 heavy (non-hydrogen) atoms. The monoisotopic (exact) mass is 290 g/mol. The molecule has 0 saturated carbocycles. The first kappa shape index (κ1) is 15.8. The van der Waals surface area contributed by atoms with Gasteiger partial charge in [0.05, 0.1) is 6.04 Å². The highest BCUT2D eigenvalue weighted by Gasteiger charge is 2.25. The van der Waals surface area contributed by atoms with Crippen molar-refractivity contribution < 1.29 is 9.53 Å². The third kappa shape index (κ3) is 4.21. The summed E-state index contributed by atoms with van der Waals surface area (Å²) in [5.41, 5.74) is 6.72. The van der Waals surface area contributed by atoms with Crippen molar-refractivity contribution in [2.45, 2.75) is 39.2 Å². The van der Waals surface area contributed by atoms with Gasteiger partial charge in [0.15, 0.2) is 0 Å². The van der Waals surface area contributed by atoms with Crippen molar-refractivity contribution in [2.24, 2.45) is 17.6 Å². The zero-order chi connectivity index (χ0) is 15.2. The normalized spacial score (nSPS) is 18.2. The second kappa shape index (κ2) is 7.46. The lowest BCUT2D eigenvalue weighted by Gasteiger charge is -2.20. The van der Waals surface area contributed by atoms with Crippen molar-refractivity contribution in [3.05, 3.63) is 29.8 Å². The SMILES string of the molecule is CC(C)C(CCN)CCC(=O)NC1COc2ccccc21. The van der Waals surface area contributed by atoms with Gasteiger partial charge in [-0.2, -0.15) is 0 Å². The summed E-state index contributed by atoms with van der Waals surface area (Å²) in [7, 11) is 0. The summed E-state index contributed by atoms with van der Waals surface area (Å²) in [5.74, 6) is 2.07. The molecule has 1 aromatic rings. The quantitative estimate of drug-likeness (QED) is 0.811. The van der Waals surface area contributed by atoms with Crippen LogP contribution in [0.4, 0.5) is 0 Å². The number of benzene rings is 1. The van der Waals surface area contributed by atoms with Crippen molar-refractivity contribution in [2.75, 3.05) is 13.2 Å². The number of carbonyl (C=O) groups excluding carboxylic acids is 1. The topological polar surface area (TPSA) is 64.4 Å². The lowest BCUT2D eigenvalue weighted by Crippen LogP contribution is -2.30. The second-order valence-corrected chi connectivity index (χ2v) is 6.09. The second-order valence-electron chi connectivity index (χ2n) is 6.09. The minimum Gasteiger partial charge on any atom is -0.491 e. The molecular weight excluding hydrogens is 264 g/mol. The number of nitrogens with two attached hydrogens (primary N) is 1. The molecule has 1 amide bonds. The van der Waals surface area contributed by atoms with Crippen LogP contribution in [-0.2, 0) is 4.79 Å². The minimum absolute atomic E-state index is 0.0132. The molecule has 0 spiro atoms. The van der Waals surface area contributed by atoms with Gasteiger partial charge in [-0.15, -0.1) is 0 Å². The molecule has 0 aliphatic carbocycles. The molecule has 0 radical (unpaired) electrons. The molecule has 2 atom stereocenters. The van der Waals surface area contributed by atoms with Crippen LogP contribution in [0.3, 0.4) is 0 Å².